The minimum Gasteiger partial charge on any atom is -0.329 e. The Hall–Kier alpha value is -0.120. The Labute approximate surface area is 120 Å². The summed E-state index contributed by atoms with van der Waals surface area (Å²) in [4.78, 5) is 5.25. The van der Waals surface area contributed by atoms with E-state index < -0.39 is 0 Å². The van der Waals surface area contributed by atoms with Gasteiger partial charge in [0, 0.05) is 38.8 Å². The molecule has 3 nitrogen and oxygen atoms in total. The molecule has 0 saturated carbocycles. The number of hydrogen-bond acceptors (Lipinski definition) is 3. The molecule has 0 aromatic rings. The van der Waals surface area contributed by atoms with Gasteiger partial charge in [0.15, 0.2) is 0 Å². The molecule has 1 fully saturated rings. The van der Waals surface area contributed by atoms with E-state index in [1.165, 1.54) is 77.7 Å². The molecule has 1 aliphatic rings. The molecule has 0 radical (unpaired) electrons. The van der Waals surface area contributed by atoms with E-state index in [4.69, 9.17) is 5.73 Å². The van der Waals surface area contributed by atoms with Gasteiger partial charge in [-0.3, -0.25) is 4.90 Å². The predicted molar refractivity (Wildman–Crippen MR) is 84.5 cm³/mol. The van der Waals surface area contributed by atoms with Gasteiger partial charge in [0.25, 0.3) is 0 Å². The van der Waals surface area contributed by atoms with Crippen molar-refractivity contribution in [1.29, 1.82) is 0 Å². The van der Waals surface area contributed by atoms with Crippen molar-refractivity contribution in [3.05, 3.63) is 0 Å². The first-order chi connectivity index (χ1) is 9.31. The third kappa shape index (κ3) is 6.73. The van der Waals surface area contributed by atoms with Crippen LogP contribution in [0.1, 0.15) is 58.8 Å². The molecule has 1 heterocycles. The molecule has 1 unspecified atom stereocenters. The van der Waals surface area contributed by atoms with Crippen molar-refractivity contribution in [1.82, 2.24) is 9.80 Å². The van der Waals surface area contributed by atoms with E-state index in [0.717, 1.165) is 6.54 Å². The van der Waals surface area contributed by atoms with E-state index in [2.05, 4.69) is 23.6 Å². The second-order valence-electron chi connectivity index (χ2n) is 5.97. The first-order valence-corrected chi connectivity index (χ1v) is 8.48. The van der Waals surface area contributed by atoms with Crippen LogP contribution in [0.15, 0.2) is 0 Å². The van der Waals surface area contributed by atoms with Crippen molar-refractivity contribution in [3.63, 3.8) is 0 Å². The monoisotopic (exact) mass is 269 g/mol. The Morgan fingerprint density at radius 3 is 2.16 bits per heavy atom. The normalized spacial score (nSPS) is 19.7. The summed E-state index contributed by atoms with van der Waals surface area (Å²) in [5.74, 6) is 0. The summed E-state index contributed by atoms with van der Waals surface area (Å²) in [7, 11) is 0. The summed E-state index contributed by atoms with van der Waals surface area (Å²) in [6, 6.07) is 0.622. The molecule has 1 aliphatic heterocycles. The van der Waals surface area contributed by atoms with Crippen LogP contribution in [0.3, 0.4) is 0 Å². The van der Waals surface area contributed by atoms with Gasteiger partial charge in [0.2, 0.25) is 0 Å². The highest BCUT2D eigenvalue weighted by molar-refractivity contribution is 4.79. The molecule has 0 aliphatic carbocycles. The number of rotatable bonds is 10. The summed E-state index contributed by atoms with van der Waals surface area (Å²) in [5, 5.41) is 0. The highest BCUT2D eigenvalue weighted by Gasteiger charge is 2.21. The van der Waals surface area contributed by atoms with E-state index >= 15 is 0 Å². The van der Waals surface area contributed by atoms with Crippen LogP contribution in [-0.2, 0) is 0 Å². The second-order valence-corrected chi connectivity index (χ2v) is 5.97. The second kappa shape index (κ2) is 10.6. The van der Waals surface area contributed by atoms with Gasteiger partial charge in [-0.05, 0) is 19.4 Å². The lowest BCUT2D eigenvalue weighted by Crippen LogP contribution is -2.52. The fraction of sp³-hybridized carbons (Fsp3) is 1.00. The molecule has 1 saturated heterocycles. The molecule has 3 heteroatoms. The number of nitrogens with two attached hydrogens (primary N) is 1. The van der Waals surface area contributed by atoms with Crippen molar-refractivity contribution >= 4 is 0 Å². The molecule has 2 N–H and O–H groups in total. The predicted octanol–water partition coefficient (Wildman–Crippen LogP) is 2.70. The Bertz CT molecular complexity index is 200. The van der Waals surface area contributed by atoms with Gasteiger partial charge >= 0.3 is 0 Å². The minimum absolute atomic E-state index is 0.622. The number of hydrogen-bond donors (Lipinski definition) is 1. The molecular formula is C16H35N3. The van der Waals surface area contributed by atoms with Gasteiger partial charge in [0.05, 0.1) is 0 Å². The van der Waals surface area contributed by atoms with E-state index in [-0.39, 0.29) is 0 Å². The van der Waals surface area contributed by atoms with Crippen LogP contribution in [0.2, 0.25) is 0 Å². The lowest BCUT2D eigenvalue weighted by molar-refractivity contribution is 0.0934. The first-order valence-electron chi connectivity index (χ1n) is 8.48. The number of piperazine rings is 1. The minimum atomic E-state index is 0.622. The van der Waals surface area contributed by atoms with E-state index in [0.29, 0.717) is 6.04 Å². The van der Waals surface area contributed by atoms with Gasteiger partial charge in [-0.1, -0.05) is 46.0 Å². The van der Waals surface area contributed by atoms with Crippen molar-refractivity contribution in [2.24, 2.45) is 5.73 Å². The summed E-state index contributed by atoms with van der Waals surface area (Å²) in [6.45, 7) is 11.6. The quantitative estimate of drug-likeness (QED) is 0.619. The van der Waals surface area contributed by atoms with E-state index in [1.54, 1.807) is 0 Å². The van der Waals surface area contributed by atoms with Crippen molar-refractivity contribution < 1.29 is 0 Å². The molecule has 114 valence electrons. The van der Waals surface area contributed by atoms with Crippen LogP contribution < -0.4 is 5.73 Å². The fourth-order valence-corrected chi connectivity index (χ4v) is 3.07. The molecule has 0 amide bonds. The van der Waals surface area contributed by atoms with Crippen LogP contribution in [0, 0.1) is 0 Å². The smallest absolute Gasteiger partial charge is 0.0219 e. The highest BCUT2D eigenvalue weighted by Crippen LogP contribution is 2.11. The Morgan fingerprint density at radius 2 is 1.58 bits per heavy atom. The van der Waals surface area contributed by atoms with Gasteiger partial charge in [0.1, 0.15) is 0 Å². The zero-order valence-electron chi connectivity index (χ0n) is 13.2. The largest absolute Gasteiger partial charge is 0.329 e. The average molecular weight is 269 g/mol. The van der Waals surface area contributed by atoms with Crippen LogP contribution in [0.5, 0.6) is 0 Å². The highest BCUT2D eigenvalue weighted by atomic mass is 15.3. The third-order valence-electron chi connectivity index (χ3n) is 4.40. The molecule has 1 rings (SSSR count). The molecule has 0 bridgehead atoms. The Balaban J connectivity index is 2.10. The fourth-order valence-electron chi connectivity index (χ4n) is 3.07. The zero-order chi connectivity index (χ0) is 13.9. The standard InChI is InChI=1S/C16H35N3/c1-3-5-6-7-8-10-18-11-13-19(14-12-18)16(15-17)9-4-2/h16H,3-15,17H2,1-2H3. The molecule has 0 spiro atoms. The van der Waals surface area contributed by atoms with E-state index in [1.807, 2.05) is 0 Å². The van der Waals surface area contributed by atoms with Crippen molar-refractivity contribution in [2.45, 2.75) is 64.8 Å². The summed E-state index contributed by atoms with van der Waals surface area (Å²) >= 11 is 0. The van der Waals surface area contributed by atoms with Crippen molar-refractivity contribution in [2.75, 3.05) is 39.3 Å². The Morgan fingerprint density at radius 1 is 0.895 bits per heavy atom. The summed E-state index contributed by atoms with van der Waals surface area (Å²) < 4.78 is 0. The van der Waals surface area contributed by atoms with Gasteiger partial charge in [-0.2, -0.15) is 0 Å². The maximum absolute atomic E-state index is 5.90. The van der Waals surface area contributed by atoms with Gasteiger partial charge in [-0.25, -0.2) is 0 Å². The molecule has 1 atom stereocenters. The third-order valence-corrected chi connectivity index (χ3v) is 4.40. The summed E-state index contributed by atoms with van der Waals surface area (Å²) in [6.07, 6.45) is 9.47. The van der Waals surface area contributed by atoms with Gasteiger partial charge in [-0.15, -0.1) is 0 Å². The zero-order valence-corrected chi connectivity index (χ0v) is 13.2. The molecule has 0 aromatic heterocycles. The maximum atomic E-state index is 5.90. The first kappa shape index (κ1) is 16.9. The van der Waals surface area contributed by atoms with Gasteiger partial charge < -0.3 is 10.6 Å². The van der Waals surface area contributed by atoms with Crippen LogP contribution in [0.25, 0.3) is 0 Å². The molecule has 19 heavy (non-hydrogen) atoms. The summed E-state index contributed by atoms with van der Waals surface area (Å²) in [5.41, 5.74) is 5.90. The Kier molecular flexibility index (Phi) is 9.48. The lowest BCUT2D eigenvalue weighted by atomic mass is 10.1. The van der Waals surface area contributed by atoms with Crippen LogP contribution in [0.4, 0.5) is 0 Å². The van der Waals surface area contributed by atoms with Crippen LogP contribution in [-0.4, -0.2) is 55.1 Å². The molecule has 0 aromatic carbocycles. The van der Waals surface area contributed by atoms with E-state index in [9.17, 15) is 0 Å². The van der Waals surface area contributed by atoms with Crippen LogP contribution >= 0.6 is 0 Å². The average Bonchev–Trinajstić information content (AvgIpc) is 2.45. The number of unbranched alkanes of at least 4 members (excludes halogenated alkanes) is 4. The maximum Gasteiger partial charge on any atom is 0.0219 e. The van der Waals surface area contributed by atoms with Crippen molar-refractivity contribution in [3.8, 4) is 0 Å². The molecular weight excluding hydrogens is 234 g/mol. The lowest BCUT2D eigenvalue weighted by Gasteiger charge is -2.39. The number of nitrogens with zero attached hydrogens (tertiary/aromatic N) is 2. The topological polar surface area (TPSA) is 32.5 Å². The SMILES string of the molecule is CCCCCCCN1CCN(C(CN)CCC)CC1.